The number of aromatic nitrogens is 2. The molecule has 6 heteroatoms. The summed E-state index contributed by atoms with van der Waals surface area (Å²) in [6.45, 7) is 1.79. The molecule has 0 fully saturated rings. The van der Waals surface area contributed by atoms with Gasteiger partial charge in [0.15, 0.2) is 0 Å². The molecule has 0 aliphatic heterocycles. The monoisotopic (exact) mass is 272 g/mol. The van der Waals surface area contributed by atoms with E-state index < -0.39 is 5.91 Å². The molecule has 0 bridgehead atoms. The van der Waals surface area contributed by atoms with E-state index in [1.54, 1.807) is 45.3 Å². The third-order valence-electron chi connectivity index (χ3n) is 2.89. The molecule has 0 spiro atoms. The van der Waals surface area contributed by atoms with Crippen LogP contribution in [0.25, 0.3) is 11.3 Å². The van der Waals surface area contributed by atoms with Gasteiger partial charge in [-0.25, -0.2) is 4.98 Å². The number of amides is 2. The van der Waals surface area contributed by atoms with Crippen molar-refractivity contribution >= 4 is 11.8 Å². The average molecular weight is 272 g/mol. The third-order valence-corrected chi connectivity index (χ3v) is 2.89. The molecule has 6 nitrogen and oxygen atoms in total. The minimum absolute atomic E-state index is 0.153. The second-order valence-corrected chi connectivity index (χ2v) is 4.69. The standard InChI is InChI=1S/C14H16N4O2/c1-8-16-11(12(17-8)14(20)18(2)3)9-4-6-10(7-5-9)13(15)19/h4-7H,1-3H3,(H2,15,19)(H,16,17). The number of nitrogens with zero attached hydrogens (tertiary/aromatic N) is 2. The highest BCUT2D eigenvalue weighted by Gasteiger charge is 2.19. The van der Waals surface area contributed by atoms with Gasteiger partial charge in [-0.15, -0.1) is 0 Å². The molecule has 104 valence electrons. The minimum Gasteiger partial charge on any atom is -0.366 e. The second kappa shape index (κ2) is 5.16. The van der Waals surface area contributed by atoms with Crippen molar-refractivity contribution in [3.8, 4) is 11.3 Å². The number of carbonyl (C=O) groups excluding carboxylic acids is 2. The maximum atomic E-state index is 12.1. The minimum atomic E-state index is -0.487. The Labute approximate surface area is 116 Å². The molecule has 0 aliphatic rings. The van der Waals surface area contributed by atoms with Crippen molar-refractivity contribution in [2.24, 2.45) is 5.73 Å². The smallest absolute Gasteiger partial charge is 0.272 e. The number of rotatable bonds is 3. The van der Waals surface area contributed by atoms with Crippen molar-refractivity contribution in [2.75, 3.05) is 14.1 Å². The fourth-order valence-electron chi connectivity index (χ4n) is 1.87. The van der Waals surface area contributed by atoms with Gasteiger partial charge < -0.3 is 15.6 Å². The summed E-state index contributed by atoms with van der Waals surface area (Å²) in [4.78, 5) is 32.0. The molecule has 0 radical (unpaired) electrons. The Morgan fingerprint density at radius 2 is 1.80 bits per heavy atom. The summed E-state index contributed by atoms with van der Waals surface area (Å²) in [7, 11) is 3.36. The lowest BCUT2D eigenvalue weighted by molar-refractivity contribution is 0.0823. The molecule has 3 N–H and O–H groups in total. The lowest BCUT2D eigenvalue weighted by Gasteiger charge is -2.10. The average Bonchev–Trinajstić information content (AvgIpc) is 2.79. The number of primary amides is 1. The maximum Gasteiger partial charge on any atom is 0.272 e. The van der Waals surface area contributed by atoms with E-state index in [1.807, 2.05) is 0 Å². The van der Waals surface area contributed by atoms with Gasteiger partial charge in [-0.2, -0.15) is 0 Å². The number of aryl methyl sites for hydroxylation is 1. The van der Waals surface area contributed by atoms with Crippen molar-refractivity contribution in [1.29, 1.82) is 0 Å². The predicted octanol–water partition coefficient (Wildman–Crippen LogP) is 1.19. The van der Waals surface area contributed by atoms with Crippen LogP contribution in [0.15, 0.2) is 24.3 Å². The highest BCUT2D eigenvalue weighted by molar-refractivity contribution is 5.98. The van der Waals surface area contributed by atoms with E-state index in [2.05, 4.69) is 9.97 Å². The molecule has 0 saturated heterocycles. The van der Waals surface area contributed by atoms with Gasteiger partial charge in [-0.3, -0.25) is 9.59 Å². The topological polar surface area (TPSA) is 92.1 Å². The number of H-pyrrole nitrogens is 1. The summed E-state index contributed by atoms with van der Waals surface area (Å²) in [5.74, 6) is 0.0168. The van der Waals surface area contributed by atoms with Crippen LogP contribution >= 0.6 is 0 Å². The molecule has 20 heavy (non-hydrogen) atoms. The van der Waals surface area contributed by atoms with Crippen LogP contribution in [0.5, 0.6) is 0 Å². The van der Waals surface area contributed by atoms with Gasteiger partial charge in [-0.05, 0) is 19.1 Å². The Morgan fingerprint density at radius 3 is 2.30 bits per heavy atom. The number of hydrogen-bond acceptors (Lipinski definition) is 3. The van der Waals surface area contributed by atoms with Crippen LogP contribution < -0.4 is 5.73 Å². The number of imidazole rings is 1. The molecule has 0 aliphatic carbocycles. The molecule has 1 aromatic carbocycles. The summed E-state index contributed by atoms with van der Waals surface area (Å²) in [6, 6.07) is 6.68. The van der Waals surface area contributed by atoms with E-state index in [0.29, 0.717) is 22.8 Å². The number of aromatic amines is 1. The lowest BCUT2D eigenvalue weighted by Crippen LogP contribution is -2.22. The summed E-state index contributed by atoms with van der Waals surface area (Å²) in [5, 5.41) is 0. The van der Waals surface area contributed by atoms with Crippen LogP contribution in [-0.2, 0) is 0 Å². The highest BCUT2D eigenvalue weighted by Crippen LogP contribution is 2.23. The maximum absolute atomic E-state index is 12.1. The van der Waals surface area contributed by atoms with E-state index in [4.69, 9.17) is 5.73 Å². The number of nitrogens with two attached hydrogens (primary N) is 1. The third kappa shape index (κ3) is 2.54. The molecule has 0 unspecified atom stereocenters. The predicted molar refractivity (Wildman–Crippen MR) is 75.3 cm³/mol. The van der Waals surface area contributed by atoms with Crippen molar-refractivity contribution in [3.63, 3.8) is 0 Å². The first-order valence-electron chi connectivity index (χ1n) is 6.08. The zero-order valence-corrected chi connectivity index (χ0v) is 11.6. The van der Waals surface area contributed by atoms with Crippen molar-refractivity contribution < 1.29 is 9.59 Å². The number of benzene rings is 1. The summed E-state index contributed by atoms with van der Waals surface area (Å²) in [6.07, 6.45) is 0. The van der Waals surface area contributed by atoms with E-state index >= 15 is 0 Å². The van der Waals surface area contributed by atoms with Gasteiger partial charge in [-0.1, -0.05) is 12.1 Å². The van der Waals surface area contributed by atoms with Crippen molar-refractivity contribution in [1.82, 2.24) is 14.9 Å². The van der Waals surface area contributed by atoms with Crippen LogP contribution in [-0.4, -0.2) is 40.8 Å². The normalized spacial score (nSPS) is 10.3. The molecule has 2 rings (SSSR count). The Kier molecular flexibility index (Phi) is 3.56. The zero-order valence-electron chi connectivity index (χ0n) is 11.6. The van der Waals surface area contributed by atoms with Gasteiger partial charge in [0.1, 0.15) is 17.2 Å². The number of nitrogens with one attached hydrogen (secondary N) is 1. The molecule has 1 heterocycles. The van der Waals surface area contributed by atoms with Gasteiger partial charge in [0.2, 0.25) is 5.91 Å². The first-order chi connectivity index (χ1) is 9.40. The molecule has 2 amide bonds. The number of hydrogen-bond donors (Lipinski definition) is 2. The van der Waals surface area contributed by atoms with Crippen LogP contribution in [0.2, 0.25) is 0 Å². The Morgan fingerprint density at radius 1 is 1.20 bits per heavy atom. The lowest BCUT2D eigenvalue weighted by atomic mass is 10.1. The quantitative estimate of drug-likeness (QED) is 0.879. The van der Waals surface area contributed by atoms with Crippen molar-refractivity contribution in [3.05, 3.63) is 41.3 Å². The molecule has 0 atom stereocenters. The Bertz CT molecular complexity index is 656. The van der Waals surface area contributed by atoms with Gasteiger partial charge in [0.05, 0.1) is 0 Å². The van der Waals surface area contributed by atoms with Crippen LogP contribution in [0.4, 0.5) is 0 Å². The van der Waals surface area contributed by atoms with Crippen LogP contribution in [0.1, 0.15) is 26.7 Å². The fraction of sp³-hybridized carbons (Fsp3) is 0.214. The van der Waals surface area contributed by atoms with Gasteiger partial charge in [0.25, 0.3) is 5.91 Å². The molecule has 1 aromatic heterocycles. The molecular formula is C14H16N4O2. The first kappa shape index (κ1) is 13.8. The van der Waals surface area contributed by atoms with Crippen LogP contribution in [0.3, 0.4) is 0 Å². The fourth-order valence-corrected chi connectivity index (χ4v) is 1.87. The largest absolute Gasteiger partial charge is 0.366 e. The molecular weight excluding hydrogens is 256 g/mol. The molecule has 0 saturated carbocycles. The number of carbonyl (C=O) groups is 2. The Hall–Kier alpha value is -2.63. The van der Waals surface area contributed by atoms with E-state index in [-0.39, 0.29) is 5.91 Å². The Balaban J connectivity index is 2.47. The SMILES string of the molecule is Cc1nc(-c2ccc(C(N)=O)cc2)c(C(=O)N(C)C)[nH]1. The molecule has 2 aromatic rings. The first-order valence-corrected chi connectivity index (χ1v) is 6.08. The zero-order chi connectivity index (χ0) is 14.9. The van der Waals surface area contributed by atoms with Gasteiger partial charge >= 0.3 is 0 Å². The summed E-state index contributed by atoms with van der Waals surface area (Å²) in [5.41, 5.74) is 7.37. The van der Waals surface area contributed by atoms with E-state index in [1.165, 1.54) is 4.90 Å². The van der Waals surface area contributed by atoms with Crippen molar-refractivity contribution in [2.45, 2.75) is 6.92 Å². The van der Waals surface area contributed by atoms with Crippen LogP contribution in [0, 0.1) is 6.92 Å². The second-order valence-electron chi connectivity index (χ2n) is 4.69. The summed E-state index contributed by atoms with van der Waals surface area (Å²) < 4.78 is 0. The van der Waals surface area contributed by atoms with E-state index in [9.17, 15) is 9.59 Å². The highest BCUT2D eigenvalue weighted by atomic mass is 16.2. The summed E-state index contributed by atoms with van der Waals surface area (Å²) >= 11 is 0. The van der Waals surface area contributed by atoms with Gasteiger partial charge in [0, 0.05) is 25.2 Å². The van der Waals surface area contributed by atoms with E-state index in [0.717, 1.165) is 5.56 Å².